The Hall–Kier alpha value is -0.570. The first-order valence-electron chi connectivity index (χ1n) is 7.49. The minimum atomic E-state index is -0.240. The SMILES string of the molecule is CC(=O)OCOC1CC2CC1C1C3CCC(C3)C21. The highest BCUT2D eigenvalue weighted by Crippen LogP contribution is 2.67. The third-order valence-electron chi connectivity index (χ3n) is 6.22. The van der Waals surface area contributed by atoms with E-state index in [1.807, 2.05) is 0 Å². The van der Waals surface area contributed by atoms with Crippen LogP contribution in [0.5, 0.6) is 0 Å². The first kappa shape index (κ1) is 11.3. The van der Waals surface area contributed by atoms with E-state index in [1.165, 1.54) is 39.0 Å². The quantitative estimate of drug-likeness (QED) is 0.439. The molecule has 0 saturated heterocycles. The van der Waals surface area contributed by atoms with E-state index in [0.29, 0.717) is 6.10 Å². The van der Waals surface area contributed by atoms with E-state index >= 15 is 0 Å². The van der Waals surface area contributed by atoms with Crippen LogP contribution in [0.4, 0.5) is 0 Å². The standard InChI is InChI=1S/C15H22O3/c1-8(16)17-7-18-13-6-11-5-12(13)15-10-3-2-9(4-10)14(11)15/h9-15H,2-7H2,1H3. The molecule has 0 radical (unpaired) electrons. The first-order valence-corrected chi connectivity index (χ1v) is 7.49. The monoisotopic (exact) mass is 250 g/mol. The predicted molar refractivity (Wildman–Crippen MR) is 65.5 cm³/mol. The van der Waals surface area contributed by atoms with Crippen molar-refractivity contribution in [2.45, 2.75) is 45.1 Å². The van der Waals surface area contributed by atoms with Crippen LogP contribution in [0, 0.1) is 35.5 Å². The van der Waals surface area contributed by atoms with Crippen molar-refractivity contribution in [2.75, 3.05) is 6.79 Å². The number of rotatable bonds is 3. The second-order valence-corrected chi connectivity index (χ2v) is 6.84. The van der Waals surface area contributed by atoms with E-state index in [2.05, 4.69) is 0 Å². The molecule has 7 unspecified atom stereocenters. The minimum absolute atomic E-state index is 0.161. The van der Waals surface area contributed by atoms with E-state index < -0.39 is 0 Å². The van der Waals surface area contributed by atoms with E-state index in [0.717, 1.165) is 35.5 Å². The molecule has 4 aliphatic carbocycles. The zero-order valence-corrected chi connectivity index (χ0v) is 11.0. The van der Waals surface area contributed by atoms with E-state index in [1.54, 1.807) is 0 Å². The molecule has 0 aliphatic heterocycles. The summed E-state index contributed by atoms with van der Waals surface area (Å²) in [5, 5.41) is 0. The lowest BCUT2D eigenvalue weighted by atomic mass is 9.70. The van der Waals surface area contributed by atoms with Crippen LogP contribution < -0.4 is 0 Å². The molecule has 0 spiro atoms. The van der Waals surface area contributed by atoms with Crippen molar-refractivity contribution in [3.8, 4) is 0 Å². The summed E-state index contributed by atoms with van der Waals surface area (Å²) in [5.41, 5.74) is 0. The number of ether oxygens (including phenoxy) is 2. The maximum Gasteiger partial charge on any atom is 0.304 e. The third kappa shape index (κ3) is 1.49. The van der Waals surface area contributed by atoms with Crippen molar-refractivity contribution in [2.24, 2.45) is 35.5 Å². The fourth-order valence-electron chi connectivity index (χ4n) is 5.90. The second kappa shape index (κ2) is 3.96. The summed E-state index contributed by atoms with van der Waals surface area (Å²) >= 11 is 0. The highest BCUT2D eigenvalue weighted by Gasteiger charge is 2.62. The fraction of sp³-hybridized carbons (Fsp3) is 0.933. The van der Waals surface area contributed by atoms with Gasteiger partial charge in [0.15, 0.2) is 6.79 Å². The van der Waals surface area contributed by atoms with Gasteiger partial charge in [0.25, 0.3) is 0 Å². The molecule has 4 aliphatic rings. The molecular weight excluding hydrogens is 228 g/mol. The zero-order valence-electron chi connectivity index (χ0n) is 11.0. The Balaban J connectivity index is 1.41. The molecular formula is C15H22O3. The van der Waals surface area contributed by atoms with Gasteiger partial charge in [-0.1, -0.05) is 0 Å². The average molecular weight is 250 g/mol. The van der Waals surface area contributed by atoms with Crippen LogP contribution in [0.3, 0.4) is 0 Å². The normalized spacial score (nSPS) is 51.7. The topological polar surface area (TPSA) is 35.5 Å². The summed E-state index contributed by atoms with van der Waals surface area (Å²) in [6.07, 6.45) is 7.43. The maximum absolute atomic E-state index is 10.8. The lowest BCUT2D eigenvalue weighted by molar-refractivity contribution is -0.163. The molecule has 3 nitrogen and oxygen atoms in total. The summed E-state index contributed by atoms with van der Waals surface area (Å²) in [6.45, 7) is 1.60. The Labute approximate surface area is 108 Å². The van der Waals surface area contributed by atoms with Gasteiger partial charge in [-0.3, -0.25) is 4.79 Å². The van der Waals surface area contributed by atoms with Crippen LogP contribution in [-0.2, 0) is 14.3 Å². The first-order chi connectivity index (χ1) is 8.74. The number of hydrogen-bond donors (Lipinski definition) is 0. The molecule has 0 amide bonds. The van der Waals surface area contributed by atoms with Gasteiger partial charge in [-0.15, -0.1) is 0 Å². The average Bonchev–Trinajstić information content (AvgIpc) is 3.06. The van der Waals surface area contributed by atoms with Crippen LogP contribution >= 0.6 is 0 Å². The summed E-state index contributed by atoms with van der Waals surface area (Å²) in [7, 11) is 0. The summed E-state index contributed by atoms with van der Waals surface area (Å²) in [4.78, 5) is 10.8. The third-order valence-corrected chi connectivity index (χ3v) is 6.22. The minimum Gasteiger partial charge on any atom is -0.439 e. The van der Waals surface area contributed by atoms with Crippen molar-refractivity contribution in [1.82, 2.24) is 0 Å². The number of hydrogen-bond acceptors (Lipinski definition) is 3. The van der Waals surface area contributed by atoms with Crippen LogP contribution in [0.15, 0.2) is 0 Å². The summed E-state index contributed by atoms with van der Waals surface area (Å²) < 4.78 is 10.7. The van der Waals surface area contributed by atoms with Crippen molar-refractivity contribution in [3.05, 3.63) is 0 Å². The van der Waals surface area contributed by atoms with Gasteiger partial charge in [-0.2, -0.15) is 0 Å². The Morgan fingerprint density at radius 1 is 1.06 bits per heavy atom. The van der Waals surface area contributed by atoms with Crippen LogP contribution in [-0.4, -0.2) is 18.9 Å². The number of esters is 1. The van der Waals surface area contributed by atoms with Crippen molar-refractivity contribution < 1.29 is 14.3 Å². The smallest absolute Gasteiger partial charge is 0.304 e. The van der Waals surface area contributed by atoms with Crippen LogP contribution in [0.1, 0.15) is 39.0 Å². The van der Waals surface area contributed by atoms with E-state index in [9.17, 15) is 4.79 Å². The van der Waals surface area contributed by atoms with Gasteiger partial charge in [0.1, 0.15) is 0 Å². The van der Waals surface area contributed by atoms with Gasteiger partial charge in [-0.25, -0.2) is 0 Å². The van der Waals surface area contributed by atoms with Gasteiger partial charge < -0.3 is 9.47 Å². The molecule has 3 heteroatoms. The second-order valence-electron chi connectivity index (χ2n) is 6.84. The summed E-state index contributed by atoms with van der Waals surface area (Å²) in [6, 6.07) is 0. The van der Waals surface area contributed by atoms with Crippen molar-refractivity contribution >= 4 is 5.97 Å². The van der Waals surface area contributed by atoms with Gasteiger partial charge in [0.2, 0.25) is 0 Å². The molecule has 4 fully saturated rings. The zero-order chi connectivity index (χ0) is 12.3. The molecule has 4 rings (SSSR count). The Bertz CT molecular complexity index is 367. The highest BCUT2D eigenvalue weighted by atomic mass is 16.7. The van der Waals surface area contributed by atoms with Crippen LogP contribution in [0.2, 0.25) is 0 Å². The van der Waals surface area contributed by atoms with E-state index in [-0.39, 0.29) is 12.8 Å². The molecule has 0 heterocycles. The number of carbonyl (C=O) groups excluding carboxylic acids is 1. The maximum atomic E-state index is 10.8. The Morgan fingerprint density at radius 3 is 2.61 bits per heavy atom. The van der Waals surface area contributed by atoms with Gasteiger partial charge in [0, 0.05) is 6.92 Å². The molecule has 100 valence electrons. The van der Waals surface area contributed by atoms with E-state index in [4.69, 9.17) is 9.47 Å². The molecule has 0 aromatic carbocycles. The van der Waals surface area contributed by atoms with Crippen molar-refractivity contribution in [1.29, 1.82) is 0 Å². The van der Waals surface area contributed by atoms with Gasteiger partial charge in [0.05, 0.1) is 6.10 Å². The lowest BCUT2D eigenvalue weighted by Gasteiger charge is -2.38. The van der Waals surface area contributed by atoms with Crippen molar-refractivity contribution in [3.63, 3.8) is 0 Å². The number of fused-ring (bicyclic) bond motifs is 9. The lowest BCUT2D eigenvalue weighted by Crippen LogP contribution is -2.36. The number of carbonyl (C=O) groups is 1. The van der Waals surface area contributed by atoms with Gasteiger partial charge in [-0.05, 0) is 67.6 Å². The molecule has 4 saturated carbocycles. The molecule has 7 atom stereocenters. The fourth-order valence-corrected chi connectivity index (χ4v) is 5.90. The molecule has 0 aromatic heterocycles. The van der Waals surface area contributed by atoms with Gasteiger partial charge >= 0.3 is 5.97 Å². The molecule has 0 N–H and O–H groups in total. The molecule has 4 bridgehead atoms. The highest BCUT2D eigenvalue weighted by molar-refractivity contribution is 5.65. The van der Waals surface area contributed by atoms with Crippen LogP contribution in [0.25, 0.3) is 0 Å². The Morgan fingerprint density at radius 2 is 1.83 bits per heavy atom. The Kier molecular flexibility index (Phi) is 2.48. The largest absolute Gasteiger partial charge is 0.439 e. The summed E-state index contributed by atoms with van der Waals surface area (Å²) in [5.74, 6) is 5.46. The predicted octanol–water partition coefficient (Wildman–Crippen LogP) is 2.59. The molecule has 0 aromatic rings. The molecule has 18 heavy (non-hydrogen) atoms.